The molecule has 1 aromatic carbocycles. The van der Waals surface area contributed by atoms with Gasteiger partial charge in [-0.05, 0) is 55.8 Å². The largest absolute Gasteiger partial charge is 0.497 e. The molecular formula is C18H21NO2. The van der Waals surface area contributed by atoms with Crippen LogP contribution in [0.5, 0.6) is 5.75 Å². The van der Waals surface area contributed by atoms with Crippen molar-refractivity contribution in [3.8, 4) is 5.75 Å². The van der Waals surface area contributed by atoms with Gasteiger partial charge in [-0.3, -0.25) is 4.79 Å². The maximum Gasteiger partial charge on any atom is 0.156 e. The Hall–Kier alpha value is -1.61. The van der Waals surface area contributed by atoms with Gasteiger partial charge in [-0.2, -0.15) is 0 Å². The number of benzene rings is 1. The SMILES string of the molecule is COc1ccc2c(c1)[C@]13CCN(C)[C@H](C2)[C@H]1C=CC(=O)C3. The lowest BCUT2D eigenvalue weighted by molar-refractivity contribution is -0.118. The van der Waals surface area contributed by atoms with E-state index in [2.05, 4.69) is 30.2 Å². The zero-order chi connectivity index (χ0) is 14.6. The summed E-state index contributed by atoms with van der Waals surface area (Å²) in [5.41, 5.74) is 2.74. The summed E-state index contributed by atoms with van der Waals surface area (Å²) in [6, 6.07) is 6.94. The Balaban J connectivity index is 1.93. The van der Waals surface area contributed by atoms with Crippen LogP contribution in [-0.2, 0) is 16.6 Å². The van der Waals surface area contributed by atoms with Crippen molar-refractivity contribution in [2.75, 3.05) is 20.7 Å². The minimum absolute atomic E-state index is 0.00880. The van der Waals surface area contributed by atoms with E-state index in [0.29, 0.717) is 18.4 Å². The van der Waals surface area contributed by atoms with Crippen LogP contribution < -0.4 is 4.74 Å². The van der Waals surface area contributed by atoms with E-state index in [4.69, 9.17) is 4.74 Å². The highest BCUT2D eigenvalue weighted by molar-refractivity contribution is 5.92. The maximum atomic E-state index is 12.1. The molecule has 3 nitrogen and oxygen atoms in total. The standard InChI is InChI=1S/C18H21NO2/c1-19-8-7-18-11-13(20)4-6-15(18)17(19)9-12-3-5-14(21-2)10-16(12)18/h3-6,10,15,17H,7-9,11H2,1-2H3/t15-,17-,18+/m1/s1. The molecule has 0 aromatic heterocycles. The molecule has 3 heteroatoms. The Morgan fingerprint density at radius 2 is 2.24 bits per heavy atom. The quantitative estimate of drug-likeness (QED) is 0.792. The topological polar surface area (TPSA) is 29.5 Å². The highest BCUT2D eigenvalue weighted by Crippen LogP contribution is 2.53. The van der Waals surface area contributed by atoms with Crippen molar-refractivity contribution in [2.45, 2.75) is 30.7 Å². The van der Waals surface area contributed by atoms with Crippen LogP contribution >= 0.6 is 0 Å². The molecule has 0 amide bonds. The number of likely N-dealkylation sites (tertiary alicyclic amines) is 1. The minimum atomic E-state index is -0.00880. The summed E-state index contributed by atoms with van der Waals surface area (Å²) in [4.78, 5) is 14.6. The highest BCUT2D eigenvalue weighted by atomic mass is 16.5. The van der Waals surface area contributed by atoms with Crippen molar-refractivity contribution in [3.63, 3.8) is 0 Å². The zero-order valence-corrected chi connectivity index (χ0v) is 12.6. The molecule has 0 radical (unpaired) electrons. The van der Waals surface area contributed by atoms with E-state index < -0.39 is 0 Å². The first-order valence-electron chi connectivity index (χ1n) is 7.73. The molecule has 0 saturated carbocycles. The van der Waals surface area contributed by atoms with Gasteiger partial charge in [0.15, 0.2) is 5.78 Å². The molecule has 1 saturated heterocycles. The maximum absolute atomic E-state index is 12.1. The number of fused-ring (bicyclic) bond motifs is 1. The molecule has 21 heavy (non-hydrogen) atoms. The predicted octanol–water partition coefficient (Wildman–Crippen LogP) is 2.34. The molecule has 3 atom stereocenters. The third-order valence-electron chi connectivity index (χ3n) is 5.79. The minimum Gasteiger partial charge on any atom is -0.497 e. The van der Waals surface area contributed by atoms with Crippen LogP contribution in [0.1, 0.15) is 24.0 Å². The van der Waals surface area contributed by atoms with Gasteiger partial charge < -0.3 is 9.64 Å². The fourth-order valence-electron chi connectivity index (χ4n) is 4.69. The second-order valence-electron chi connectivity index (χ2n) is 6.71. The van der Waals surface area contributed by atoms with Crippen molar-refractivity contribution in [1.82, 2.24) is 4.90 Å². The molecule has 110 valence electrons. The molecule has 3 aliphatic rings. The predicted molar refractivity (Wildman–Crippen MR) is 81.7 cm³/mol. The molecule has 2 bridgehead atoms. The van der Waals surface area contributed by atoms with Gasteiger partial charge in [0, 0.05) is 23.8 Å². The van der Waals surface area contributed by atoms with Crippen LogP contribution in [0.3, 0.4) is 0 Å². The molecule has 1 heterocycles. The first kappa shape index (κ1) is 13.1. The van der Waals surface area contributed by atoms with Gasteiger partial charge in [0.05, 0.1) is 7.11 Å². The molecule has 0 unspecified atom stereocenters. The molecule has 1 fully saturated rings. The first-order chi connectivity index (χ1) is 10.1. The van der Waals surface area contributed by atoms with Gasteiger partial charge >= 0.3 is 0 Å². The summed E-state index contributed by atoms with van der Waals surface area (Å²) in [5.74, 6) is 1.63. The lowest BCUT2D eigenvalue weighted by atomic mass is 9.54. The fourth-order valence-corrected chi connectivity index (χ4v) is 4.69. The molecule has 0 spiro atoms. The Kier molecular flexibility index (Phi) is 2.77. The Labute approximate surface area is 125 Å². The van der Waals surface area contributed by atoms with Gasteiger partial charge in [0.25, 0.3) is 0 Å². The van der Waals surface area contributed by atoms with E-state index in [1.807, 2.05) is 6.07 Å². The van der Waals surface area contributed by atoms with Gasteiger partial charge in [0.2, 0.25) is 0 Å². The summed E-state index contributed by atoms with van der Waals surface area (Å²) >= 11 is 0. The van der Waals surface area contributed by atoms with Crippen LogP contribution in [0, 0.1) is 5.92 Å². The lowest BCUT2D eigenvalue weighted by Crippen LogP contribution is -2.59. The number of ketones is 1. The Bertz CT molecular complexity index is 636. The molecule has 2 aliphatic carbocycles. The lowest BCUT2D eigenvalue weighted by Gasteiger charge is -2.56. The molecule has 1 aliphatic heterocycles. The molecule has 1 aromatic rings. The number of hydrogen-bond acceptors (Lipinski definition) is 3. The van der Waals surface area contributed by atoms with Crippen LogP contribution in [0.2, 0.25) is 0 Å². The number of carbonyl (C=O) groups excluding carboxylic acids is 1. The average molecular weight is 283 g/mol. The molecular weight excluding hydrogens is 262 g/mol. The third-order valence-corrected chi connectivity index (χ3v) is 5.79. The van der Waals surface area contributed by atoms with Crippen molar-refractivity contribution in [3.05, 3.63) is 41.5 Å². The Morgan fingerprint density at radius 1 is 1.38 bits per heavy atom. The number of piperidine rings is 1. The number of rotatable bonds is 1. The second-order valence-corrected chi connectivity index (χ2v) is 6.71. The summed E-state index contributed by atoms with van der Waals surface area (Å²) in [7, 11) is 3.93. The van der Waals surface area contributed by atoms with Gasteiger partial charge in [-0.25, -0.2) is 0 Å². The fraction of sp³-hybridized carbons (Fsp3) is 0.500. The highest BCUT2D eigenvalue weighted by Gasteiger charge is 2.53. The number of methoxy groups -OCH3 is 1. The second kappa shape index (κ2) is 4.44. The van der Waals surface area contributed by atoms with Crippen molar-refractivity contribution < 1.29 is 9.53 Å². The Morgan fingerprint density at radius 3 is 3.05 bits per heavy atom. The van der Waals surface area contributed by atoms with Crippen LogP contribution in [0.4, 0.5) is 0 Å². The van der Waals surface area contributed by atoms with Crippen molar-refractivity contribution in [2.24, 2.45) is 5.92 Å². The number of carbonyl (C=O) groups is 1. The van der Waals surface area contributed by atoms with E-state index in [1.54, 1.807) is 13.2 Å². The van der Waals surface area contributed by atoms with Crippen LogP contribution in [0.15, 0.2) is 30.4 Å². The normalized spacial score (nSPS) is 34.3. The van der Waals surface area contributed by atoms with E-state index in [0.717, 1.165) is 25.1 Å². The average Bonchev–Trinajstić information content (AvgIpc) is 2.50. The van der Waals surface area contributed by atoms with Crippen molar-refractivity contribution in [1.29, 1.82) is 0 Å². The van der Waals surface area contributed by atoms with Crippen molar-refractivity contribution >= 4 is 5.78 Å². The summed E-state index contributed by atoms with van der Waals surface area (Å²) in [6.45, 7) is 1.07. The monoisotopic (exact) mass is 283 g/mol. The smallest absolute Gasteiger partial charge is 0.156 e. The number of hydrogen-bond donors (Lipinski definition) is 0. The summed E-state index contributed by atoms with van der Waals surface area (Å²) < 4.78 is 5.43. The number of nitrogens with zero attached hydrogens (tertiary/aromatic N) is 1. The molecule has 4 rings (SSSR count). The summed E-state index contributed by atoms with van der Waals surface area (Å²) in [6.07, 6.45) is 6.76. The number of allylic oxidation sites excluding steroid dienone is 1. The van der Waals surface area contributed by atoms with E-state index >= 15 is 0 Å². The number of likely N-dealkylation sites (N-methyl/N-ethyl adjacent to an activating group) is 1. The van der Waals surface area contributed by atoms with Gasteiger partial charge in [0.1, 0.15) is 5.75 Å². The van der Waals surface area contributed by atoms with E-state index in [1.165, 1.54) is 11.1 Å². The van der Waals surface area contributed by atoms with Crippen LogP contribution in [0.25, 0.3) is 0 Å². The van der Waals surface area contributed by atoms with E-state index in [-0.39, 0.29) is 11.2 Å². The first-order valence-corrected chi connectivity index (χ1v) is 7.73. The zero-order valence-electron chi connectivity index (χ0n) is 12.6. The van der Waals surface area contributed by atoms with Crippen LogP contribution in [-0.4, -0.2) is 37.4 Å². The van der Waals surface area contributed by atoms with E-state index in [9.17, 15) is 4.79 Å². The number of ether oxygens (including phenoxy) is 1. The third kappa shape index (κ3) is 1.73. The summed E-state index contributed by atoms with van der Waals surface area (Å²) in [5, 5.41) is 0. The van der Waals surface area contributed by atoms with Gasteiger partial charge in [-0.1, -0.05) is 12.1 Å². The molecule has 0 N–H and O–H groups in total. The van der Waals surface area contributed by atoms with Gasteiger partial charge in [-0.15, -0.1) is 0 Å².